The van der Waals surface area contributed by atoms with Crippen molar-refractivity contribution in [1.29, 1.82) is 0 Å². The molecule has 0 bridgehead atoms. The van der Waals surface area contributed by atoms with Gasteiger partial charge in [0.1, 0.15) is 0 Å². The first kappa shape index (κ1) is 13.6. The fourth-order valence-electron chi connectivity index (χ4n) is 2.40. The first-order valence-corrected chi connectivity index (χ1v) is 7.40. The number of halogens is 1. The summed E-state index contributed by atoms with van der Waals surface area (Å²) in [7, 11) is 0. The summed E-state index contributed by atoms with van der Waals surface area (Å²) in [6.45, 7) is 5.03. The Morgan fingerprint density at radius 1 is 1.44 bits per heavy atom. The number of hydrogen-bond acceptors (Lipinski definition) is 1. The first-order valence-electron chi connectivity index (χ1n) is 6.61. The van der Waals surface area contributed by atoms with Gasteiger partial charge in [-0.1, -0.05) is 25.0 Å². The fourth-order valence-corrected chi connectivity index (χ4v) is 2.83. The molecule has 1 aromatic rings. The van der Waals surface area contributed by atoms with E-state index < -0.39 is 0 Å². The Hall–Kier alpha value is -0.830. The molecule has 1 aromatic carbocycles. The van der Waals surface area contributed by atoms with E-state index in [9.17, 15) is 4.79 Å². The van der Waals surface area contributed by atoms with Gasteiger partial charge in [0, 0.05) is 11.0 Å². The molecular formula is C15H20BrNO. The van der Waals surface area contributed by atoms with Gasteiger partial charge in [0.15, 0.2) is 0 Å². The van der Waals surface area contributed by atoms with Crippen molar-refractivity contribution >= 4 is 21.8 Å². The van der Waals surface area contributed by atoms with Gasteiger partial charge < -0.3 is 5.32 Å². The summed E-state index contributed by atoms with van der Waals surface area (Å²) < 4.78 is 0.867. The van der Waals surface area contributed by atoms with E-state index in [1.807, 2.05) is 25.1 Å². The molecule has 0 atom stereocenters. The Balaban J connectivity index is 1.98. The maximum absolute atomic E-state index is 12.2. The number of carbonyl (C=O) groups excluding carboxylic acids is 1. The molecule has 0 spiro atoms. The molecule has 1 aliphatic carbocycles. The highest BCUT2D eigenvalue weighted by molar-refractivity contribution is 9.10. The summed E-state index contributed by atoms with van der Waals surface area (Å²) in [5.41, 5.74) is 2.25. The van der Waals surface area contributed by atoms with Gasteiger partial charge in [0.05, 0.1) is 5.56 Å². The van der Waals surface area contributed by atoms with Crippen molar-refractivity contribution in [2.75, 3.05) is 6.54 Å². The zero-order valence-electron chi connectivity index (χ0n) is 11.1. The largest absolute Gasteiger partial charge is 0.351 e. The molecule has 98 valence electrons. The molecular weight excluding hydrogens is 290 g/mol. The van der Waals surface area contributed by atoms with Gasteiger partial charge >= 0.3 is 0 Å². The molecule has 3 heteroatoms. The van der Waals surface area contributed by atoms with Crippen molar-refractivity contribution in [2.24, 2.45) is 5.41 Å². The van der Waals surface area contributed by atoms with Gasteiger partial charge in [-0.2, -0.15) is 0 Å². The van der Waals surface area contributed by atoms with E-state index in [0.29, 0.717) is 5.41 Å². The molecule has 0 unspecified atom stereocenters. The second kappa shape index (κ2) is 5.43. The van der Waals surface area contributed by atoms with Gasteiger partial charge in [0.2, 0.25) is 0 Å². The second-order valence-corrected chi connectivity index (χ2v) is 6.27. The van der Waals surface area contributed by atoms with Gasteiger partial charge in [0.25, 0.3) is 5.91 Å². The van der Waals surface area contributed by atoms with Crippen molar-refractivity contribution < 1.29 is 4.79 Å². The summed E-state index contributed by atoms with van der Waals surface area (Å²) in [6, 6.07) is 5.86. The van der Waals surface area contributed by atoms with Crippen molar-refractivity contribution in [3.63, 3.8) is 0 Å². The Morgan fingerprint density at radius 2 is 2.17 bits per heavy atom. The average Bonchev–Trinajstić information content (AvgIpc) is 3.10. The van der Waals surface area contributed by atoms with Crippen molar-refractivity contribution in [3.05, 3.63) is 33.8 Å². The maximum Gasteiger partial charge on any atom is 0.252 e. The van der Waals surface area contributed by atoms with Gasteiger partial charge in [-0.15, -0.1) is 0 Å². The number of aryl methyl sites for hydroxylation is 1. The number of carbonyl (C=O) groups is 1. The van der Waals surface area contributed by atoms with Crippen molar-refractivity contribution in [1.82, 2.24) is 5.32 Å². The molecule has 1 N–H and O–H groups in total. The molecule has 18 heavy (non-hydrogen) atoms. The van der Waals surface area contributed by atoms with Gasteiger partial charge in [-0.25, -0.2) is 0 Å². The Morgan fingerprint density at radius 3 is 2.78 bits per heavy atom. The van der Waals surface area contributed by atoms with E-state index in [1.54, 1.807) is 0 Å². The van der Waals surface area contributed by atoms with Crippen LogP contribution in [0.5, 0.6) is 0 Å². The minimum absolute atomic E-state index is 0.0351. The third kappa shape index (κ3) is 3.14. The van der Waals surface area contributed by atoms with Crippen LogP contribution in [0.25, 0.3) is 0 Å². The molecule has 1 amide bonds. The van der Waals surface area contributed by atoms with E-state index in [1.165, 1.54) is 25.7 Å². The molecule has 1 fully saturated rings. The summed E-state index contributed by atoms with van der Waals surface area (Å²) >= 11 is 3.44. The number of rotatable bonds is 5. The fraction of sp³-hybridized carbons (Fsp3) is 0.533. The topological polar surface area (TPSA) is 29.1 Å². The van der Waals surface area contributed by atoms with Crippen LogP contribution in [0.15, 0.2) is 22.7 Å². The molecule has 1 aliphatic rings. The van der Waals surface area contributed by atoms with Crippen LogP contribution in [-0.2, 0) is 0 Å². The number of hydrogen-bond donors (Lipinski definition) is 1. The van der Waals surface area contributed by atoms with Gasteiger partial charge in [-0.05, 0) is 59.7 Å². The Bertz CT molecular complexity index is 452. The SMILES string of the molecule is CCCC1(CNC(=O)c2cc(C)ccc2Br)CC1. The van der Waals surface area contributed by atoms with E-state index in [0.717, 1.165) is 22.1 Å². The van der Waals surface area contributed by atoms with Crippen LogP contribution in [0.4, 0.5) is 0 Å². The van der Waals surface area contributed by atoms with E-state index >= 15 is 0 Å². The maximum atomic E-state index is 12.2. The molecule has 2 nitrogen and oxygen atoms in total. The van der Waals surface area contributed by atoms with Crippen molar-refractivity contribution in [2.45, 2.75) is 39.5 Å². The summed E-state index contributed by atoms with van der Waals surface area (Å²) in [6.07, 6.45) is 4.94. The number of benzene rings is 1. The lowest BCUT2D eigenvalue weighted by Gasteiger charge is -2.15. The zero-order chi connectivity index (χ0) is 13.2. The minimum atomic E-state index is 0.0351. The third-order valence-electron chi connectivity index (χ3n) is 3.73. The monoisotopic (exact) mass is 309 g/mol. The van der Waals surface area contributed by atoms with Crippen LogP contribution in [0.3, 0.4) is 0 Å². The van der Waals surface area contributed by atoms with Crippen LogP contribution < -0.4 is 5.32 Å². The molecule has 1 saturated carbocycles. The lowest BCUT2D eigenvalue weighted by atomic mass is 10.0. The highest BCUT2D eigenvalue weighted by atomic mass is 79.9. The smallest absolute Gasteiger partial charge is 0.252 e. The lowest BCUT2D eigenvalue weighted by molar-refractivity contribution is 0.0943. The molecule has 0 aliphatic heterocycles. The standard InChI is InChI=1S/C15H20BrNO/c1-3-6-15(7-8-15)10-17-14(18)12-9-11(2)4-5-13(12)16/h4-5,9H,3,6-8,10H2,1-2H3,(H,17,18). The Labute approximate surface area is 117 Å². The summed E-state index contributed by atoms with van der Waals surface area (Å²) in [5.74, 6) is 0.0351. The van der Waals surface area contributed by atoms with Crippen LogP contribution in [0.1, 0.15) is 48.5 Å². The summed E-state index contributed by atoms with van der Waals surface area (Å²) in [5, 5.41) is 3.09. The van der Waals surface area contributed by atoms with Crippen LogP contribution in [-0.4, -0.2) is 12.5 Å². The molecule has 0 aromatic heterocycles. The average molecular weight is 310 g/mol. The van der Waals surface area contributed by atoms with Crippen LogP contribution in [0.2, 0.25) is 0 Å². The zero-order valence-corrected chi connectivity index (χ0v) is 12.6. The highest BCUT2D eigenvalue weighted by Gasteiger charge is 2.41. The number of amides is 1. The number of nitrogens with one attached hydrogen (secondary N) is 1. The predicted octanol–water partition coefficient (Wildman–Crippen LogP) is 4.07. The highest BCUT2D eigenvalue weighted by Crippen LogP contribution is 2.48. The van der Waals surface area contributed by atoms with Crippen LogP contribution >= 0.6 is 15.9 Å². The first-order chi connectivity index (χ1) is 8.56. The summed E-state index contributed by atoms with van der Waals surface area (Å²) in [4.78, 5) is 12.2. The third-order valence-corrected chi connectivity index (χ3v) is 4.42. The molecule has 0 heterocycles. The molecule has 0 saturated heterocycles. The van der Waals surface area contributed by atoms with Crippen molar-refractivity contribution in [3.8, 4) is 0 Å². The second-order valence-electron chi connectivity index (χ2n) is 5.42. The quantitative estimate of drug-likeness (QED) is 0.873. The normalized spacial score (nSPS) is 16.4. The van der Waals surface area contributed by atoms with E-state index in [-0.39, 0.29) is 5.91 Å². The molecule has 0 radical (unpaired) electrons. The van der Waals surface area contributed by atoms with Crippen LogP contribution in [0, 0.1) is 12.3 Å². The van der Waals surface area contributed by atoms with Gasteiger partial charge in [-0.3, -0.25) is 4.79 Å². The predicted molar refractivity (Wildman–Crippen MR) is 77.8 cm³/mol. The Kier molecular flexibility index (Phi) is 4.10. The molecule has 2 rings (SSSR count). The minimum Gasteiger partial charge on any atom is -0.351 e. The van der Waals surface area contributed by atoms with E-state index in [4.69, 9.17) is 0 Å². The lowest BCUT2D eigenvalue weighted by Crippen LogP contribution is -2.30. The van der Waals surface area contributed by atoms with E-state index in [2.05, 4.69) is 28.2 Å².